The SMILES string of the molecule is Cc1nc(Cl)nc(NCC(F)(F)CO)c1N. The second-order valence-electron chi connectivity index (χ2n) is 3.21. The van der Waals surface area contributed by atoms with Gasteiger partial charge in [0.2, 0.25) is 5.28 Å². The lowest BCUT2D eigenvalue weighted by Gasteiger charge is -2.15. The van der Waals surface area contributed by atoms with E-state index in [1.165, 1.54) is 0 Å². The van der Waals surface area contributed by atoms with Crippen LogP contribution in [0.5, 0.6) is 0 Å². The van der Waals surface area contributed by atoms with Gasteiger partial charge in [-0.3, -0.25) is 0 Å². The third-order valence-electron chi connectivity index (χ3n) is 1.85. The van der Waals surface area contributed by atoms with Crippen LogP contribution in [0.4, 0.5) is 20.3 Å². The Hall–Kier alpha value is -1.21. The van der Waals surface area contributed by atoms with Gasteiger partial charge in [-0.2, -0.15) is 4.98 Å². The van der Waals surface area contributed by atoms with Crippen molar-refractivity contribution in [1.29, 1.82) is 0 Å². The molecule has 1 heterocycles. The molecule has 5 nitrogen and oxygen atoms in total. The monoisotopic (exact) mass is 252 g/mol. The van der Waals surface area contributed by atoms with E-state index in [2.05, 4.69) is 15.3 Å². The molecule has 8 heteroatoms. The van der Waals surface area contributed by atoms with Gasteiger partial charge in [0, 0.05) is 0 Å². The summed E-state index contributed by atoms with van der Waals surface area (Å²) >= 11 is 5.55. The summed E-state index contributed by atoms with van der Waals surface area (Å²) in [6, 6.07) is 0. The van der Waals surface area contributed by atoms with Gasteiger partial charge in [-0.15, -0.1) is 0 Å². The summed E-state index contributed by atoms with van der Waals surface area (Å²) in [5.74, 6) is -3.21. The van der Waals surface area contributed by atoms with E-state index in [4.69, 9.17) is 22.4 Å². The molecule has 16 heavy (non-hydrogen) atoms. The van der Waals surface area contributed by atoms with Crippen molar-refractivity contribution in [1.82, 2.24) is 9.97 Å². The van der Waals surface area contributed by atoms with Crippen molar-refractivity contribution < 1.29 is 13.9 Å². The van der Waals surface area contributed by atoms with E-state index < -0.39 is 19.1 Å². The summed E-state index contributed by atoms with van der Waals surface area (Å²) in [6.45, 7) is -0.448. The minimum Gasteiger partial charge on any atom is -0.394 e. The standard InChI is InChI=1S/C8H11ClF2N4O/c1-4-5(12)6(15-7(9)14-4)13-2-8(10,11)3-16/h16H,2-3,12H2,1H3,(H,13,14,15). The zero-order valence-electron chi connectivity index (χ0n) is 8.47. The predicted molar refractivity (Wildman–Crippen MR) is 56.7 cm³/mol. The molecule has 0 saturated heterocycles. The quantitative estimate of drug-likeness (QED) is 0.698. The first-order valence-corrected chi connectivity index (χ1v) is 4.75. The predicted octanol–water partition coefficient (Wildman–Crippen LogP) is 1.06. The van der Waals surface area contributed by atoms with E-state index in [1.807, 2.05) is 0 Å². The van der Waals surface area contributed by atoms with E-state index in [9.17, 15) is 8.78 Å². The lowest BCUT2D eigenvalue weighted by atomic mass is 10.3. The molecule has 0 bridgehead atoms. The van der Waals surface area contributed by atoms with Crippen LogP contribution in [0.15, 0.2) is 0 Å². The third-order valence-corrected chi connectivity index (χ3v) is 2.02. The van der Waals surface area contributed by atoms with Crippen LogP contribution < -0.4 is 11.1 Å². The molecular weight excluding hydrogens is 242 g/mol. The zero-order valence-corrected chi connectivity index (χ0v) is 9.22. The van der Waals surface area contributed by atoms with Crippen molar-refractivity contribution in [3.63, 3.8) is 0 Å². The maximum absolute atomic E-state index is 12.7. The molecule has 1 aromatic rings. The Labute approximate surface area is 95.6 Å². The molecular formula is C8H11ClF2N4O. The molecule has 0 radical (unpaired) electrons. The largest absolute Gasteiger partial charge is 0.394 e. The van der Waals surface area contributed by atoms with Crippen LogP contribution in [0.25, 0.3) is 0 Å². The molecule has 90 valence electrons. The lowest BCUT2D eigenvalue weighted by Crippen LogP contribution is -2.31. The number of rotatable bonds is 4. The van der Waals surface area contributed by atoms with Crippen LogP contribution >= 0.6 is 11.6 Å². The number of nitrogens with zero attached hydrogens (tertiary/aromatic N) is 2. The molecule has 0 aliphatic rings. The van der Waals surface area contributed by atoms with Crippen molar-refractivity contribution in [3.8, 4) is 0 Å². The first-order chi connectivity index (χ1) is 7.35. The molecule has 0 atom stereocenters. The van der Waals surface area contributed by atoms with E-state index in [0.29, 0.717) is 5.69 Å². The van der Waals surface area contributed by atoms with Crippen LogP contribution in [0, 0.1) is 6.92 Å². The second kappa shape index (κ2) is 4.75. The van der Waals surface area contributed by atoms with Gasteiger partial charge < -0.3 is 16.2 Å². The summed E-state index contributed by atoms with van der Waals surface area (Å²) in [7, 11) is 0. The van der Waals surface area contributed by atoms with Crippen molar-refractivity contribution in [2.75, 3.05) is 24.2 Å². The number of halogens is 3. The van der Waals surface area contributed by atoms with Gasteiger partial charge in [0.25, 0.3) is 5.92 Å². The van der Waals surface area contributed by atoms with Crippen LogP contribution in [0.2, 0.25) is 5.28 Å². The molecule has 1 aromatic heterocycles. The minimum absolute atomic E-state index is 0.0330. The van der Waals surface area contributed by atoms with Crippen molar-refractivity contribution in [2.24, 2.45) is 0 Å². The maximum atomic E-state index is 12.7. The number of alkyl halides is 2. The number of aryl methyl sites for hydroxylation is 1. The van der Waals surface area contributed by atoms with Gasteiger partial charge in [0.1, 0.15) is 6.61 Å². The van der Waals surface area contributed by atoms with E-state index >= 15 is 0 Å². The minimum atomic E-state index is -3.24. The van der Waals surface area contributed by atoms with Gasteiger partial charge in [-0.05, 0) is 18.5 Å². The Morgan fingerprint density at radius 3 is 2.69 bits per heavy atom. The highest BCUT2D eigenvalue weighted by atomic mass is 35.5. The number of nitrogens with two attached hydrogens (primary N) is 1. The molecule has 0 aromatic carbocycles. The molecule has 4 N–H and O–H groups in total. The number of anilines is 2. The normalized spacial score (nSPS) is 11.6. The molecule has 1 rings (SSSR count). The topological polar surface area (TPSA) is 84.1 Å². The second-order valence-corrected chi connectivity index (χ2v) is 3.55. The van der Waals surface area contributed by atoms with Crippen LogP contribution in [0.1, 0.15) is 5.69 Å². The number of nitrogens with one attached hydrogen (secondary N) is 1. The summed E-state index contributed by atoms with van der Waals surface area (Å²) < 4.78 is 25.5. The van der Waals surface area contributed by atoms with E-state index in [0.717, 1.165) is 0 Å². The average molecular weight is 253 g/mol. The van der Waals surface area contributed by atoms with E-state index in [1.54, 1.807) is 6.92 Å². The number of nitrogen functional groups attached to an aromatic ring is 1. The summed E-state index contributed by atoms with van der Waals surface area (Å²) in [6.07, 6.45) is 0. The molecule has 0 aliphatic carbocycles. The zero-order chi connectivity index (χ0) is 12.3. The van der Waals surface area contributed by atoms with Crippen LogP contribution in [-0.2, 0) is 0 Å². The van der Waals surface area contributed by atoms with Gasteiger partial charge in [0.15, 0.2) is 5.82 Å². The van der Waals surface area contributed by atoms with Gasteiger partial charge in [0.05, 0.1) is 17.9 Å². The smallest absolute Gasteiger partial charge is 0.287 e. The third kappa shape index (κ3) is 3.14. The highest BCUT2D eigenvalue weighted by Gasteiger charge is 2.27. The lowest BCUT2D eigenvalue weighted by molar-refractivity contribution is -0.0373. The highest BCUT2D eigenvalue weighted by molar-refractivity contribution is 6.28. The fourth-order valence-corrected chi connectivity index (χ4v) is 1.16. The molecule has 0 fully saturated rings. The number of aliphatic hydroxyl groups excluding tert-OH is 1. The Balaban J connectivity index is 2.82. The highest BCUT2D eigenvalue weighted by Crippen LogP contribution is 2.22. The van der Waals surface area contributed by atoms with E-state index in [-0.39, 0.29) is 16.8 Å². The fraction of sp³-hybridized carbons (Fsp3) is 0.500. The summed E-state index contributed by atoms with van der Waals surface area (Å²) in [5.41, 5.74) is 6.12. The molecule has 0 saturated carbocycles. The number of aliphatic hydroxyl groups is 1. The van der Waals surface area contributed by atoms with Gasteiger partial charge in [-0.1, -0.05) is 0 Å². The van der Waals surface area contributed by atoms with Crippen molar-refractivity contribution in [2.45, 2.75) is 12.8 Å². The first-order valence-electron chi connectivity index (χ1n) is 4.38. The Kier molecular flexibility index (Phi) is 3.82. The van der Waals surface area contributed by atoms with Crippen LogP contribution in [0.3, 0.4) is 0 Å². The molecule has 0 spiro atoms. The average Bonchev–Trinajstić information content (AvgIpc) is 2.21. The number of hydrogen-bond donors (Lipinski definition) is 3. The molecule has 0 unspecified atom stereocenters. The fourth-order valence-electron chi connectivity index (χ4n) is 0.951. The van der Waals surface area contributed by atoms with Crippen molar-refractivity contribution in [3.05, 3.63) is 11.0 Å². The molecule has 0 amide bonds. The van der Waals surface area contributed by atoms with Crippen molar-refractivity contribution >= 4 is 23.1 Å². The molecule has 0 aliphatic heterocycles. The Morgan fingerprint density at radius 2 is 2.12 bits per heavy atom. The maximum Gasteiger partial charge on any atom is 0.287 e. The summed E-state index contributed by atoms with van der Waals surface area (Å²) in [4.78, 5) is 7.42. The van der Waals surface area contributed by atoms with Gasteiger partial charge in [-0.25, -0.2) is 13.8 Å². The Bertz CT molecular complexity index is 389. The Morgan fingerprint density at radius 1 is 1.50 bits per heavy atom. The number of aromatic nitrogens is 2. The number of hydrogen-bond acceptors (Lipinski definition) is 5. The first kappa shape index (κ1) is 12.9. The van der Waals surface area contributed by atoms with Gasteiger partial charge >= 0.3 is 0 Å². The summed E-state index contributed by atoms with van der Waals surface area (Å²) in [5, 5.41) is 10.6. The van der Waals surface area contributed by atoms with Crippen LogP contribution in [-0.4, -0.2) is 34.1 Å².